The van der Waals surface area contributed by atoms with Gasteiger partial charge in [0.25, 0.3) is 0 Å². The number of ether oxygens (including phenoxy) is 1. The van der Waals surface area contributed by atoms with Crippen molar-refractivity contribution in [2.24, 2.45) is 0 Å². The number of hydrogen-bond acceptors (Lipinski definition) is 2. The normalized spacial score (nSPS) is 10.7. The molecule has 2 nitrogen and oxygen atoms in total. The Hall–Kier alpha value is -0.610. The first kappa shape index (κ1) is 22.4. The first-order valence-electron chi connectivity index (χ1n) is 9.40. The molecule has 25 heavy (non-hydrogen) atoms. The van der Waals surface area contributed by atoms with Crippen molar-refractivity contribution in [3.8, 4) is 5.75 Å². The summed E-state index contributed by atoms with van der Waals surface area (Å²) in [6, 6.07) is 4.06. The molecule has 0 bridgehead atoms. The van der Waals surface area contributed by atoms with E-state index >= 15 is 0 Å². The van der Waals surface area contributed by atoms with Crippen molar-refractivity contribution in [2.75, 3.05) is 0 Å². The molecule has 0 fully saturated rings. The maximum absolute atomic E-state index is 11.4. The second-order valence-corrected chi connectivity index (χ2v) is 8.15. The van der Waals surface area contributed by atoms with Crippen LogP contribution < -0.4 is 4.74 Å². The number of carbonyl (C=O) groups is 1. The van der Waals surface area contributed by atoms with E-state index in [-0.39, 0.29) is 0 Å². The second-order valence-electron chi connectivity index (χ2n) is 6.45. The number of rotatable bonds is 13. The van der Waals surface area contributed by atoms with E-state index in [4.69, 9.17) is 4.74 Å². The molecule has 0 atom stereocenters. The lowest BCUT2D eigenvalue weighted by atomic mass is 10.0. The molecule has 140 valence electrons. The zero-order valence-corrected chi connectivity index (χ0v) is 18.5. The molecule has 0 aliphatic rings. The van der Waals surface area contributed by atoms with E-state index in [1.165, 1.54) is 69.8 Å². The van der Waals surface area contributed by atoms with E-state index in [1.54, 1.807) is 0 Å². The predicted molar refractivity (Wildman–Crippen MR) is 113 cm³/mol. The minimum Gasteiger partial charge on any atom is -0.421 e. The summed E-state index contributed by atoms with van der Waals surface area (Å²) in [5, 5.41) is 0. The van der Waals surface area contributed by atoms with Crippen molar-refractivity contribution in [1.82, 2.24) is 0 Å². The average Bonchev–Trinajstić information content (AvgIpc) is 2.59. The van der Waals surface area contributed by atoms with Gasteiger partial charge in [-0.2, -0.15) is 0 Å². The van der Waals surface area contributed by atoms with E-state index in [0.717, 1.165) is 21.4 Å². The molecule has 0 unspecified atom stereocenters. The van der Waals surface area contributed by atoms with Crippen molar-refractivity contribution >= 4 is 37.8 Å². The third kappa shape index (κ3) is 9.60. The average molecular weight is 474 g/mol. The van der Waals surface area contributed by atoms with Crippen LogP contribution >= 0.6 is 31.9 Å². The molecule has 1 rings (SSSR count). The number of halogens is 2. The first-order chi connectivity index (χ1) is 12.1. The monoisotopic (exact) mass is 472 g/mol. The van der Waals surface area contributed by atoms with E-state index in [2.05, 4.69) is 45.4 Å². The summed E-state index contributed by atoms with van der Waals surface area (Å²) in [5.41, 5.74) is 1.25. The number of hydrogen-bond donors (Lipinski definition) is 0. The van der Waals surface area contributed by atoms with Crippen LogP contribution in [-0.4, -0.2) is 5.97 Å². The molecule has 0 heterocycles. The van der Waals surface area contributed by atoms with Gasteiger partial charge in [0.15, 0.2) is 5.75 Å². The highest BCUT2D eigenvalue weighted by Gasteiger charge is 2.11. The third-order valence-corrected chi connectivity index (χ3v) is 5.42. The Bertz CT molecular complexity index is 518. The van der Waals surface area contributed by atoms with Crippen LogP contribution in [0.2, 0.25) is 0 Å². The van der Waals surface area contributed by atoms with Gasteiger partial charge in [0, 0.05) is 6.08 Å². The molecule has 0 saturated carbocycles. The maximum Gasteiger partial charge on any atom is 0.335 e. The standard InChI is InChI=1S/C21H30Br2O2/c1-3-5-6-7-8-9-10-11-12-13-14-17-15-18(22)21(19(23)16-17)25-20(24)4-2/h4,15-16H,2-3,5-14H2,1H3. The molecule has 0 saturated heterocycles. The minimum absolute atomic E-state index is 0.455. The number of aryl methyl sites for hydroxylation is 1. The highest BCUT2D eigenvalue weighted by molar-refractivity contribution is 9.11. The number of benzene rings is 1. The van der Waals surface area contributed by atoms with Crippen LogP contribution in [0.3, 0.4) is 0 Å². The summed E-state index contributed by atoms with van der Waals surface area (Å²) in [6.45, 7) is 5.68. The van der Waals surface area contributed by atoms with Gasteiger partial charge in [-0.3, -0.25) is 0 Å². The topological polar surface area (TPSA) is 26.3 Å². The van der Waals surface area contributed by atoms with Crippen molar-refractivity contribution in [1.29, 1.82) is 0 Å². The molecule has 0 aliphatic heterocycles. The Kier molecular flexibility index (Phi) is 12.2. The summed E-state index contributed by atoms with van der Waals surface area (Å²) in [7, 11) is 0. The summed E-state index contributed by atoms with van der Waals surface area (Å²) >= 11 is 6.97. The van der Waals surface area contributed by atoms with Crippen LogP contribution in [0.1, 0.15) is 76.7 Å². The Morgan fingerprint density at radius 2 is 1.44 bits per heavy atom. The fourth-order valence-corrected chi connectivity index (χ4v) is 4.26. The summed E-state index contributed by atoms with van der Waals surface area (Å²) in [4.78, 5) is 11.4. The lowest BCUT2D eigenvalue weighted by Gasteiger charge is -2.10. The SMILES string of the molecule is C=CC(=O)Oc1c(Br)cc(CCCCCCCCCCCC)cc1Br. The zero-order chi connectivity index (χ0) is 18.5. The highest BCUT2D eigenvalue weighted by Crippen LogP contribution is 2.35. The van der Waals surface area contributed by atoms with Gasteiger partial charge in [0.1, 0.15) is 0 Å². The molecule has 1 aromatic carbocycles. The van der Waals surface area contributed by atoms with Crippen molar-refractivity contribution in [3.63, 3.8) is 0 Å². The quantitative estimate of drug-likeness (QED) is 0.126. The van der Waals surface area contributed by atoms with Crippen LogP contribution in [0.4, 0.5) is 0 Å². The first-order valence-corrected chi connectivity index (χ1v) is 11.0. The maximum atomic E-state index is 11.4. The predicted octanol–water partition coefficient (Wildman–Crippen LogP) is 7.77. The van der Waals surface area contributed by atoms with Gasteiger partial charge >= 0.3 is 5.97 Å². The van der Waals surface area contributed by atoms with Crippen molar-refractivity contribution < 1.29 is 9.53 Å². The molecule has 0 N–H and O–H groups in total. The van der Waals surface area contributed by atoms with Crippen LogP contribution in [0.25, 0.3) is 0 Å². The van der Waals surface area contributed by atoms with Crippen LogP contribution in [-0.2, 0) is 11.2 Å². The van der Waals surface area contributed by atoms with E-state index in [1.807, 2.05) is 12.1 Å². The molecule has 0 aliphatic carbocycles. The highest BCUT2D eigenvalue weighted by atomic mass is 79.9. The second kappa shape index (κ2) is 13.6. The van der Waals surface area contributed by atoms with E-state index < -0.39 is 5.97 Å². The van der Waals surface area contributed by atoms with Gasteiger partial charge < -0.3 is 4.74 Å². The molecular weight excluding hydrogens is 444 g/mol. The molecule has 0 spiro atoms. The van der Waals surface area contributed by atoms with Gasteiger partial charge in [-0.25, -0.2) is 4.79 Å². The molecular formula is C21H30Br2O2. The van der Waals surface area contributed by atoms with E-state index in [0.29, 0.717) is 5.75 Å². The van der Waals surface area contributed by atoms with Crippen LogP contribution in [0.5, 0.6) is 5.75 Å². The van der Waals surface area contributed by atoms with Crippen molar-refractivity contribution in [3.05, 3.63) is 39.3 Å². The Balaban J connectivity index is 2.25. The third-order valence-electron chi connectivity index (χ3n) is 4.25. The Morgan fingerprint density at radius 3 is 1.92 bits per heavy atom. The van der Waals surface area contributed by atoms with Crippen LogP contribution in [0, 0.1) is 0 Å². The van der Waals surface area contributed by atoms with Gasteiger partial charge in [-0.1, -0.05) is 71.3 Å². The number of unbranched alkanes of at least 4 members (excludes halogenated alkanes) is 9. The summed E-state index contributed by atoms with van der Waals surface area (Å²) in [6.07, 6.45) is 15.6. The summed E-state index contributed by atoms with van der Waals surface area (Å²) in [5.74, 6) is 0.0561. The van der Waals surface area contributed by atoms with Gasteiger partial charge in [0.2, 0.25) is 0 Å². The fourth-order valence-electron chi connectivity index (χ4n) is 2.81. The Morgan fingerprint density at radius 1 is 0.960 bits per heavy atom. The molecule has 0 radical (unpaired) electrons. The van der Waals surface area contributed by atoms with Crippen LogP contribution in [0.15, 0.2) is 33.7 Å². The molecule has 0 aromatic heterocycles. The zero-order valence-electron chi connectivity index (χ0n) is 15.3. The molecule has 0 amide bonds. The molecule has 1 aromatic rings. The summed E-state index contributed by atoms with van der Waals surface area (Å²) < 4.78 is 6.82. The van der Waals surface area contributed by atoms with E-state index in [9.17, 15) is 4.79 Å². The largest absolute Gasteiger partial charge is 0.421 e. The van der Waals surface area contributed by atoms with Gasteiger partial charge in [0.05, 0.1) is 8.95 Å². The van der Waals surface area contributed by atoms with Gasteiger partial charge in [-0.15, -0.1) is 0 Å². The lowest BCUT2D eigenvalue weighted by Crippen LogP contribution is -2.04. The lowest BCUT2D eigenvalue weighted by molar-refractivity contribution is -0.129. The Labute approximate surface area is 169 Å². The minimum atomic E-state index is -0.455. The molecule has 4 heteroatoms. The van der Waals surface area contributed by atoms with Crippen molar-refractivity contribution in [2.45, 2.75) is 77.6 Å². The fraction of sp³-hybridized carbons (Fsp3) is 0.571. The number of esters is 1. The van der Waals surface area contributed by atoms with Gasteiger partial charge in [-0.05, 0) is 62.4 Å². The number of carbonyl (C=O) groups excluding carboxylic acids is 1. The smallest absolute Gasteiger partial charge is 0.335 e.